The molecule has 3 aromatic carbocycles. The molecular formula is C40H51N3O4. The maximum atomic E-state index is 13.1. The fraction of sp³-hybridized carbons (Fsp3) is 0.450. The van der Waals surface area contributed by atoms with Crippen molar-refractivity contribution in [2.24, 2.45) is 5.92 Å². The third-order valence-corrected chi connectivity index (χ3v) is 8.69. The quantitative estimate of drug-likeness (QED) is 0.0733. The molecule has 0 bridgehead atoms. The first-order chi connectivity index (χ1) is 23.0. The minimum Gasteiger partial charge on any atom is -0.507 e. The Balaban J connectivity index is 1.44. The average molecular weight is 638 g/mol. The van der Waals surface area contributed by atoms with Gasteiger partial charge in [-0.2, -0.15) is 0 Å². The summed E-state index contributed by atoms with van der Waals surface area (Å²) < 4.78 is 5.87. The number of phenolic OH excluding ortho intramolecular Hbond substituents is 2. The Kier molecular flexibility index (Phi) is 14.7. The molecule has 7 heteroatoms. The maximum absolute atomic E-state index is 13.1. The first kappa shape index (κ1) is 35.6. The van der Waals surface area contributed by atoms with E-state index in [0.29, 0.717) is 40.6 Å². The van der Waals surface area contributed by atoms with E-state index in [-0.39, 0.29) is 29.1 Å². The van der Waals surface area contributed by atoms with Gasteiger partial charge < -0.3 is 14.9 Å². The minimum atomic E-state index is -0.326. The smallest absolute Gasteiger partial charge is 0.338 e. The molecule has 0 fully saturated rings. The zero-order chi connectivity index (χ0) is 33.3. The molecule has 47 heavy (non-hydrogen) atoms. The van der Waals surface area contributed by atoms with Crippen LogP contribution in [0.5, 0.6) is 11.5 Å². The van der Waals surface area contributed by atoms with Gasteiger partial charge in [-0.3, -0.25) is 0 Å². The fourth-order valence-corrected chi connectivity index (χ4v) is 5.84. The van der Waals surface area contributed by atoms with E-state index < -0.39 is 0 Å². The van der Waals surface area contributed by atoms with Crippen molar-refractivity contribution >= 4 is 5.97 Å². The van der Waals surface area contributed by atoms with E-state index in [2.05, 4.69) is 28.8 Å². The van der Waals surface area contributed by atoms with E-state index in [1.807, 2.05) is 0 Å². The molecule has 4 rings (SSSR count). The van der Waals surface area contributed by atoms with Crippen molar-refractivity contribution in [3.05, 3.63) is 78.4 Å². The van der Waals surface area contributed by atoms with Gasteiger partial charge in [0, 0.05) is 5.56 Å². The molecule has 0 saturated carbocycles. The molecule has 0 spiro atoms. The summed E-state index contributed by atoms with van der Waals surface area (Å²) in [6.07, 6.45) is 17.4. The fourth-order valence-electron chi connectivity index (χ4n) is 5.84. The summed E-state index contributed by atoms with van der Waals surface area (Å²) in [5.41, 5.74) is 2.04. The number of ether oxygens (including phenoxy) is 1. The highest BCUT2D eigenvalue weighted by molar-refractivity contribution is 5.90. The van der Waals surface area contributed by atoms with Crippen LogP contribution in [0.4, 0.5) is 0 Å². The van der Waals surface area contributed by atoms with Crippen LogP contribution in [0.15, 0.2) is 72.8 Å². The lowest BCUT2D eigenvalue weighted by Gasteiger charge is -2.17. The molecule has 0 aliphatic carbocycles. The largest absolute Gasteiger partial charge is 0.507 e. The summed E-state index contributed by atoms with van der Waals surface area (Å²) >= 11 is 0. The van der Waals surface area contributed by atoms with Crippen LogP contribution in [0.1, 0.15) is 114 Å². The topological polar surface area (TPSA) is 105 Å². The second kappa shape index (κ2) is 19.4. The zero-order valence-corrected chi connectivity index (χ0v) is 28.2. The van der Waals surface area contributed by atoms with Gasteiger partial charge in [-0.05, 0) is 55.2 Å². The molecule has 250 valence electrons. The van der Waals surface area contributed by atoms with Crippen LogP contribution < -0.4 is 0 Å². The second-order valence-corrected chi connectivity index (χ2v) is 12.5. The molecule has 0 saturated heterocycles. The summed E-state index contributed by atoms with van der Waals surface area (Å²) in [6.45, 7) is 4.94. The van der Waals surface area contributed by atoms with E-state index in [1.54, 1.807) is 72.8 Å². The van der Waals surface area contributed by atoms with Gasteiger partial charge in [-0.15, -0.1) is 0 Å². The Bertz CT molecular complexity index is 1460. The van der Waals surface area contributed by atoms with Crippen LogP contribution >= 0.6 is 0 Å². The van der Waals surface area contributed by atoms with Crippen molar-refractivity contribution in [3.63, 3.8) is 0 Å². The number of hydrogen-bond donors (Lipinski definition) is 2. The van der Waals surface area contributed by atoms with Gasteiger partial charge in [0.25, 0.3) is 0 Å². The Hall–Kier alpha value is -4.26. The van der Waals surface area contributed by atoms with Gasteiger partial charge in [0.15, 0.2) is 17.5 Å². The van der Waals surface area contributed by atoms with E-state index >= 15 is 0 Å². The predicted molar refractivity (Wildman–Crippen MR) is 189 cm³/mol. The number of benzene rings is 3. The third-order valence-electron chi connectivity index (χ3n) is 8.69. The summed E-state index contributed by atoms with van der Waals surface area (Å²) in [4.78, 5) is 27.0. The number of hydrogen-bond acceptors (Lipinski definition) is 7. The molecule has 1 atom stereocenters. The minimum absolute atomic E-state index is 0.0391. The number of rotatable bonds is 20. The first-order valence-corrected chi connectivity index (χ1v) is 17.6. The lowest BCUT2D eigenvalue weighted by atomic mass is 9.95. The van der Waals surface area contributed by atoms with Crippen molar-refractivity contribution in [1.29, 1.82) is 0 Å². The molecule has 7 nitrogen and oxygen atoms in total. The number of aromatic hydroxyl groups is 2. The summed E-state index contributed by atoms with van der Waals surface area (Å²) in [5.74, 6) is 1.05. The number of para-hydroxylation sites is 2. The molecule has 1 heterocycles. The third kappa shape index (κ3) is 11.2. The van der Waals surface area contributed by atoms with Crippen LogP contribution in [-0.4, -0.2) is 37.7 Å². The Labute approximate surface area is 280 Å². The van der Waals surface area contributed by atoms with Gasteiger partial charge in [0.1, 0.15) is 11.5 Å². The highest BCUT2D eigenvalue weighted by atomic mass is 16.5. The molecular weight excluding hydrogens is 586 g/mol. The molecule has 1 aromatic heterocycles. The van der Waals surface area contributed by atoms with Crippen LogP contribution in [0.25, 0.3) is 34.2 Å². The molecule has 4 aromatic rings. The molecule has 0 aliphatic heterocycles. The van der Waals surface area contributed by atoms with Crippen molar-refractivity contribution in [2.45, 2.75) is 104 Å². The summed E-state index contributed by atoms with van der Waals surface area (Å²) in [6, 6.07) is 20.7. The van der Waals surface area contributed by atoms with E-state index in [9.17, 15) is 15.0 Å². The number of nitrogens with zero attached hydrogens (tertiary/aromatic N) is 3. The highest BCUT2D eigenvalue weighted by Gasteiger charge is 2.18. The van der Waals surface area contributed by atoms with Crippen molar-refractivity contribution in [1.82, 2.24) is 15.0 Å². The number of phenols is 2. The zero-order valence-electron chi connectivity index (χ0n) is 28.2. The van der Waals surface area contributed by atoms with Gasteiger partial charge in [0.2, 0.25) is 0 Å². The molecule has 1 unspecified atom stereocenters. The van der Waals surface area contributed by atoms with E-state index in [1.165, 1.54) is 77.0 Å². The lowest BCUT2D eigenvalue weighted by Crippen LogP contribution is -2.15. The van der Waals surface area contributed by atoms with Crippen LogP contribution in [0, 0.1) is 5.92 Å². The predicted octanol–water partition coefficient (Wildman–Crippen LogP) is 10.6. The Morgan fingerprint density at radius 2 is 1.04 bits per heavy atom. The van der Waals surface area contributed by atoms with Crippen LogP contribution in [-0.2, 0) is 4.74 Å². The van der Waals surface area contributed by atoms with E-state index in [4.69, 9.17) is 4.74 Å². The van der Waals surface area contributed by atoms with Gasteiger partial charge in [-0.25, -0.2) is 19.7 Å². The Morgan fingerprint density at radius 1 is 0.596 bits per heavy atom. The highest BCUT2D eigenvalue weighted by Crippen LogP contribution is 2.32. The number of carbonyl (C=O) groups is 1. The van der Waals surface area contributed by atoms with E-state index in [0.717, 1.165) is 12.8 Å². The first-order valence-electron chi connectivity index (χ1n) is 17.6. The number of esters is 1. The van der Waals surface area contributed by atoms with Crippen molar-refractivity contribution < 1.29 is 19.7 Å². The van der Waals surface area contributed by atoms with Gasteiger partial charge >= 0.3 is 5.97 Å². The number of aromatic nitrogens is 3. The lowest BCUT2D eigenvalue weighted by molar-refractivity contribution is 0.0422. The standard InChI is InChI=1S/C40H51N3O4/c1-3-5-7-9-10-12-14-20-30(19-13-11-8-6-4-2)29-47-40(46)32-27-25-31(26-28-32)37-41-38(33-21-15-17-23-35(33)44)43-39(42-37)34-22-16-18-24-36(34)45/h15-18,21-28,30,44-45H,3-14,19-20,29H2,1-2H3. The maximum Gasteiger partial charge on any atom is 0.338 e. The summed E-state index contributed by atoms with van der Waals surface area (Å²) in [7, 11) is 0. The van der Waals surface area contributed by atoms with Crippen molar-refractivity contribution in [2.75, 3.05) is 6.61 Å². The van der Waals surface area contributed by atoms with Crippen LogP contribution in [0.2, 0.25) is 0 Å². The number of carbonyl (C=O) groups excluding carboxylic acids is 1. The second-order valence-electron chi connectivity index (χ2n) is 12.5. The molecule has 0 amide bonds. The normalized spacial score (nSPS) is 11.8. The molecule has 2 N–H and O–H groups in total. The number of unbranched alkanes of at least 4 members (excludes halogenated alkanes) is 10. The van der Waals surface area contributed by atoms with Crippen LogP contribution in [0.3, 0.4) is 0 Å². The molecule has 0 radical (unpaired) electrons. The SMILES string of the molecule is CCCCCCCCCC(CCCCCCC)COC(=O)c1ccc(-c2nc(-c3ccccc3O)nc(-c3ccccc3O)n2)cc1. The monoisotopic (exact) mass is 637 g/mol. The van der Waals surface area contributed by atoms with Gasteiger partial charge in [0.05, 0.1) is 23.3 Å². The van der Waals surface area contributed by atoms with Gasteiger partial charge in [-0.1, -0.05) is 127 Å². The van der Waals surface area contributed by atoms with Crippen molar-refractivity contribution in [3.8, 4) is 45.7 Å². The average Bonchev–Trinajstić information content (AvgIpc) is 3.10. The molecule has 0 aliphatic rings. The Morgan fingerprint density at radius 3 is 1.53 bits per heavy atom. The summed E-state index contributed by atoms with van der Waals surface area (Å²) in [5, 5.41) is 21.0.